The van der Waals surface area contributed by atoms with Crippen molar-refractivity contribution in [2.24, 2.45) is 0 Å². The molecule has 2 N–H and O–H groups in total. The van der Waals surface area contributed by atoms with E-state index in [9.17, 15) is 0 Å². The van der Waals surface area contributed by atoms with Gasteiger partial charge in [-0.15, -0.1) is 0 Å². The summed E-state index contributed by atoms with van der Waals surface area (Å²) in [6, 6.07) is 7.18. The molecule has 0 saturated heterocycles. The van der Waals surface area contributed by atoms with Gasteiger partial charge in [-0.2, -0.15) is 0 Å². The van der Waals surface area contributed by atoms with Gasteiger partial charge in [0.25, 0.3) is 0 Å². The van der Waals surface area contributed by atoms with Crippen molar-refractivity contribution in [3.05, 3.63) is 42.2 Å². The Morgan fingerprint density at radius 3 is 2.75 bits per heavy atom. The smallest absolute Gasteiger partial charge is 0.169 e. The van der Waals surface area contributed by atoms with Gasteiger partial charge in [-0.1, -0.05) is 6.07 Å². The van der Waals surface area contributed by atoms with Crippen molar-refractivity contribution in [2.75, 3.05) is 19.0 Å². The predicted molar refractivity (Wildman–Crippen MR) is 77.4 cm³/mol. The van der Waals surface area contributed by atoms with Crippen LogP contribution in [0.1, 0.15) is 12.5 Å². The Labute approximate surface area is 118 Å². The fraction of sp³-hybridized carbons (Fsp3) is 0.267. The summed E-state index contributed by atoms with van der Waals surface area (Å²) in [7, 11) is 1.57. The third-order valence-corrected chi connectivity index (χ3v) is 2.73. The molecule has 0 aliphatic carbocycles. The predicted octanol–water partition coefficient (Wildman–Crippen LogP) is 2.81. The van der Waals surface area contributed by atoms with Crippen LogP contribution in [0.25, 0.3) is 0 Å². The van der Waals surface area contributed by atoms with Crippen molar-refractivity contribution in [3.8, 4) is 17.2 Å². The first-order valence-corrected chi connectivity index (χ1v) is 6.41. The van der Waals surface area contributed by atoms with Crippen LogP contribution >= 0.6 is 0 Å². The van der Waals surface area contributed by atoms with E-state index in [1.807, 2.05) is 13.0 Å². The van der Waals surface area contributed by atoms with Crippen LogP contribution in [0.15, 0.2) is 36.7 Å². The van der Waals surface area contributed by atoms with Crippen molar-refractivity contribution >= 4 is 5.69 Å². The highest BCUT2D eigenvalue weighted by Gasteiger charge is 2.07. The van der Waals surface area contributed by atoms with Crippen molar-refractivity contribution in [3.63, 3.8) is 0 Å². The van der Waals surface area contributed by atoms with E-state index < -0.39 is 0 Å². The van der Waals surface area contributed by atoms with Gasteiger partial charge in [-0.25, -0.2) is 0 Å². The molecular formula is C15H18N2O3. The minimum absolute atomic E-state index is 0.0336. The van der Waals surface area contributed by atoms with E-state index in [1.54, 1.807) is 37.7 Å². The first kappa shape index (κ1) is 14.1. The lowest BCUT2D eigenvalue weighted by molar-refractivity contribution is 0.280. The number of aliphatic hydroxyl groups excluding tert-OH is 1. The van der Waals surface area contributed by atoms with Crippen molar-refractivity contribution in [1.82, 2.24) is 4.98 Å². The van der Waals surface area contributed by atoms with Gasteiger partial charge >= 0.3 is 0 Å². The second-order valence-corrected chi connectivity index (χ2v) is 4.19. The van der Waals surface area contributed by atoms with E-state index in [1.165, 1.54) is 0 Å². The summed E-state index contributed by atoms with van der Waals surface area (Å²) in [5.41, 5.74) is 1.67. The van der Waals surface area contributed by atoms with E-state index >= 15 is 0 Å². The number of benzene rings is 1. The van der Waals surface area contributed by atoms with E-state index in [4.69, 9.17) is 14.6 Å². The van der Waals surface area contributed by atoms with Gasteiger partial charge in [0.15, 0.2) is 11.5 Å². The molecule has 0 aliphatic rings. The molecule has 0 amide bonds. The van der Waals surface area contributed by atoms with E-state index in [2.05, 4.69) is 10.3 Å². The van der Waals surface area contributed by atoms with Gasteiger partial charge in [-0.3, -0.25) is 4.98 Å². The van der Waals surface area contributed by atoms with Crippen molar-refractivity contribution < 1.29 is 14.6 Å². The third-order valence-electron chi connectivity index (χ3n) is 2.73. The Morgan fingerprint density at radius 1 is 1.20 bits per heavy atom. The first-order valence-electron chi connectivity index (χ1n) is 6.41. The molecule has 0 spiro atoms. The number of rotatable bonds is 6. The fourth-order valence-corrected chi connectivity index (χ4v) is 1.80. The molecule has 0 atom stereocenters. The number of nitrogens with zero attached hydrogens (tertiary/aromatic N) is 1. The maximum absolute atomic E-state index is 9.12. The number of aliphatic hydroxyl groups is 1. The molecule has 0 radical (unpaired) electrons. The Morgan fingerprint density at radius 2 is 2.05 bits per heavy atom. The number of methoxy groups -OCH3 is 1. The largest absolute Gasteiger partial charge is 0.493 e. The molecular weight excluding hydrogens is 256 g/mol. The molecule has 106 valence electrons. The molecule has 1 heterocycles. The molecule has 5 nitrogen and oxygen atoms in total. The normalized spacial score (nSPS) is 10.2. The second-order valence-electron chi connectivity index (χ2n) is 4.19. The van der Waals surface area contributed by atoms with Gasteiger partial charge in [0.1, 0.15) is 5.75 Å². The van der Waals surface area contributed by atoms with Gasteiger partial charge in [0.2, 0.25) is 0 Å². The van der Waals surface area contributed by atoms with Gasteiger partial charge in [0.05, 0.1) is 31.8 Å². The van der Waals surface area contributed by atoms with Crippen molar-refractivity contribution in [1.29, 1.82) is 0 Å². The average Bonchev–Trinajstić information content (AvgIpc) is 2.48. The molecule has 1 aromatic heterocycles. The maximum Gasteiger partial charge on any atom is 0.169 e. The number of nitrogens with one attached hydrogen (secondary N) is 1. The second kappa shape index (κ2) is 6.77. The molecule has 2 aromatic rings. The van der Waals surface area contributed by atoms with Crippen LogP contribution in [0.3, 0.4) is 0 Å². The summed E-state index contributed by atoms with van der Waals surface area (Å²) in [5, 5.41) is 12.3. The van der Waals surface area contributed by atoms with Gasteiger partial charge < -0.3 is 19.9 Å². The zero-order valence-corrected chi connectivity index (χ0v) is 11.6. The lowest BCUT2D eigenvalue weighted by atomic mass is 10.2. The number of aromatic nitrogens is 1. The summed E-state index contributed by atoms with van der Waals surface area (Å²) < 4.78 is 11.0. The van der Waals surface area contributed by atoms with Crippen LogP contribution in [0.2, 0.25) is 0 Å². The first-order chi connectivity index (χ1) is 9.76. The number of pyridine rings is 1. The Hall–Kier alpha value is -2.27. The molecule has 2 rings (SSSR count). The van der Waals surface area contributed by atoms with Crippen LogP contribution in [0.4, 0.5) is 5.69 Å². The highest BCUT2D eigenvalue weighted by molar-refractivity contribution is 5.49. The highest BCUT2D eigenvalue weighted by Crippen LogP contribution is 2.32. The Balaban J connectivity index is 2.22. The average molecular weight is 274 g/mol. The van der Waals surface area contributed by atoms with E-state index in [0.717, 1.165) is 17.8 Å². The molecule has 0 saturated carbocycles. The molecule has 0 fully saturated rings. The Kier molecular flexibility index (Phi) is 4.79. The SMILES string of the molecule is CCNc1cncc(Oc2ccc(CO)cc2OC)c1. The molecule has 0 bridgehead atoms. The van der Waals surface area contributed by atoms with Crippen LogP contribution in [-0.2, 0) is 6.61 Å². The summed E-state index contributed by atoms with van der Waals surface area (Å²) in [6.07, 6.45) is 3.38. The van der Waals surface area contributed by atoms with Crippen LogP contribution in [0, 0.1) is 0 Å². The summed E-state index contributed by atoms with van der Waals surface area (Å²) in [4.78, 5) is 4.12. The van der Waals surface area contributed by atoms with E-state index in [0.29, 0.717) is 17.2 Å². The van der Waals surface area contributed by atoms with Gasteiger partial charge in [-0.05, 0) is 24.6 Å². The maximum atomic E-state index is 9.12. The van der Waals surface area contributed by atoms with Crippen LogP contribution in [0.5, 0.6) is 17.2 Å². The highest BCUT2D eigenvalue weighted by atomic mass is 16.5. The zero-order chi connectivity index (χ0) is 14.4. The number of hydrogen-bond donors (Lipinski definition) is 2. The zero-order valence-electron chi connectivity index (χ0n) is 11.6. The van der Waals surface area contributed by atoms with E-state index in [-0.39, 0.29) is 6.61 Å². The number of anilines is 1. The molecule has 0 aliphatic heterocycles. The Bertz CT molecular complexity index is 573. The number of hydrogen-bond acceptors (Lipinski definition) is 5. The third kappa shape index (κ3) is 3.39. The summed E-state index contributed by atoms with van der Waals surface area (Å²) in [5.74, 6) is 1.78. The summed E-state index contributed by atoms with van der Waals surface area (Å²) >= 11 is 0. The minimum atomic E-state index is -0.0336. The minimum Gasteiger partial charge on any atom is -0.493 e. The standard InChI is InChI=1S/C15H18N2O3/c1-3-17-12-7-13(9-16-8-12)20-14-5-4-11(10-18)6-15(14)19-2/h4-9,17-18H,3,10H2,1-2H3. The molecule has 0 unspecified atom stereocenters. The van der Waals surface area contributed by atoms with Crippen LogP contribution in [-0.4, -0.2) is 23.7 Å². The molecule has 5 heteroatoms. The van der Waals surface area contributed by atoms with Crippen LogP contribution < -0.4 is 14.8 Å². The fourth-order valence-electron chi connectivity index (χ4n) is 1.80. The van der Waals surface area contributed by atoms with Crippen molar-refractivity contribution in [2.45, 2.75) is 13.5 Å². The lowest BCUT2D eigenvalue weighted by Crippen LogP contribution is -1.98. The quantitative estimate of drug-likeness (QED) is 0.848. The molecule has 1 aromatic carbocycles. The lowest BCUT2D eigenvalue weighted by Gasteiger charge is -2.12. The topological polar surface area (TPSA) is 63.6 Å². The van der Waals surface area contributed by atoms with Gasteiger partial charge in [0, 0.05) is 12.6 Å². The summed E-state index contributed by atoms with van der Waals surface area (Å²) in [6.45, 7) is 2.80. The monoisotopic (exact) mass is 274 g/mol. The molecule has 20 heavy (non-hydrogen) atoms. The number of ether oxygens (including phenoxy) is 2.